The molecule has 0 bridgehead atoms. The van der Waals surface area contributed by atoms with Gasteiger partial charge in [-0.1, -0.05) is 13.8 Å². The van der Waals surface area contributed by atoms with Crippen molar-refractivity contribution in [3.63, 3.8) is 0 Å². The molecule has 2 atom stereocenters. The van der Waals surface area contributed by atoms with Crippen LogP contribution in [-0.4, -0.2) is 6.21 Å². The van der Waals surface area contributed by atoms with E-state index in [1.165, 1.54) is 0 Å². The van der Waals surface area contributed by atoms with Crippen molar-refractivity contribution in [2.45, 2.75) is 20.3 Å². The Kier molecular flexibility index (Phi) is 2.43. The lowest BCUT2D eigenvalue weighted by Crippen LogP contribution is -2.03. The predicted octanol–water partition coefficient (Wildman–Crippen LogP) is 2.14. The molecule has 0 aromatic carbocycles. The largest absolute Gasteiger partial charge is 0.250 e. The fraction of sp³-hybridized carbons (Fsp3) is 0.556. The maximum Gasteiger partial charge on any atom is 0.136 e. The number of hydrogen-bond donors (Lipinski definition) is 0. The van der Waals surface area contributed by atoms with Crippen molar-refractivity contribution < 1.29 is 0 Å². The molecule has 11 heavy (non-hydrogen) atoms. The van der Waals surface area contributed by atoms with E-state index < -0.39 is 0 Å². The molecule has 0 fully saturated rings. The molecule has 2 heteroatoms. The first-order chi connectivity index (χ1) is 5.24. The minimum Gasteiger partial charge on any atom is -0.250 e. The van der Waals surface area contributed by atoms with Crippen LogP contribution in [0.1, 0.15) is 20.3 Å². The van der Waals surface area contributed by atoms with Crippen molar-refractivity contribution in [2.75, 3.05) is 0 Å². The van der Waals surface area contributed by atoms with Gasteiger partial charge in [-0.25, -0.2) is 0 Å². The fourth-order valence-corrected chi connectivity index (χ4v) is 1.05. The van der Waals surface area contributed by atoms with Gasteiger partial charge in [0.05, 0.1) is 0 Å². The fourth-order valence-electron chi connectivity index (χ4n) is 1.05. The van der Waals surface area contributed by atoms with E-state index in [4.69, 9.17) is 5.26 Å². The van der Waals surface area contributed by atoms with Crippen LogP contribution in [0.15, 0.2) is 16.8 Å². The summed E-state index contributed by atoms with van der Waals surface area (Å²) in [5.74, 6) is 1.07. The molecule has 1 heterocycles. The summed E-state index contributed by atoms with van der Waals surface area (Å²) in [6.07, 6.45) is 4.75. The highest BCUT2D eigenvalue weighted by molar-refractivity contribution is 5.61. The molecule has 0 saturated carbocycles. The minimum absolute atomic E-state index is 0.465. The number of nitrogens with zero attached hydrogens (tertiary/aromatic N) is 2. The summed E-state index contributed by atoms with van der Waals surface area (Å²) in [7, 11) is 0. The van der Waals surface area contributed by atoms with E-state index in [1.807, 2.05) is 12.3 Å². The monoisotopic (exact) mass is 148 g/mol. The van der Waals surface area contributed by atoms with Crippen molar-refractivity contribution in [1.29, 1.82) is 5.26 Å². The molecule has 0 N–H and O–H groups in total. The first kappa shape index (κ1) is 8.00. The van der Waals surface area contributed by atoms with E-state index in [0.717, 1.165) is 6.42 Å². The maximum atomic E-state index is 8.59. The number of rotatable bonds is 0. The Bertz CT molecular complexity index is 232. The molecule has 0 aliphatic carbocycles. The lowest BCUT2D eigenvalue weighted by atomic mass is 9.93. The number of aliphatic imine (C=N–C) groups is 1. The van der Waals surface area contributed by atoms with Crippen molar-refractivity contribution >= 4 is 6.21 Å². The lowest BCUT2D eigenvalue weighted by molar-refractivity contribution is 0.481. The maximum absolute atomic E-state index is 8.59. The second-order valence-electron chi connectivity index (χ2n) is 3.05. The summed E-state index contributed by atoms with van der Waals surface area (Å²) in [4.78, 5) is 4.02. The highest BCUT2D eigenvalue weighted by atomic mass is 14.7. The zero-order chi connectivity index (χ0) is 8.27. The summed E-state index contributed by atoms with van der Waals surface area (Å²) in [6, 6.07) is 2.06. The normalized spacial score (nSPS) is 30.5. The van der Waals surface area contributed by atoms with E-state index in [0.29, 0.717) is 17.5 Å². The third kappa shape index (κ3) is 1.91. The average molecular weight is 148 g/mol. The lowest BCUT2D eigenvalue weighted by Gasteiger charge is -2.11. The third-order valence-electron chi connectivity index (χ3n) is 2.14. The van der Waals surface area contributed by atoms with Gasteiger partial charge in [-0.2, -0.15) is 5.26 Å². The molecule has 1 rings (SSSR count). The second-order valence-corrected chi connectivity index (χ2v) is 3.05. The highest BCUT2D eigenvalue weighted by Gasteiger charge is 2.11. The number of allylic oxidation sites excluding steroid dienone is 2. The quantitative estimate of drug-likeness (QED) is 0.518. The van der Waals surface area contributed by atoms with Gasteiger partial charge in [0.15, 0.2) is 0 Å². The zero-order valence-corrected chi connectivity index (χ0v) is 6.91. The van der Waals surface area contributed by atoms with E-state index in [2.05, 4.69) is 24.9 Å². The summed E-state index contributed by atoms with van der Waals surface area (Å²) < 4.78 is 0. The molecule has 0 amide bonds. The Labute approximate surface area is 67.3 Å². The van der Waals surface area contributed by atoms with Crippen molar-refractivity contribution in [2.24, 2.45) is 16.8 Å². The van der Waals surface area contributed by atoms with Gasteiger partial charge < -0.3 is 0 Å². The molecule has 1 aliphatic rings. The Balaban J connectivity index is 2.82. The van der Waals surface area contributed by atoms with Gasteiger partial charge in [-0.05, 0) is 24.3 Å². The van der Waals surface area contributed by atoms with Gasteiger partial charge in [-0.3, -0.25) is 4.99 Å². The van der Waals surface area contributed by atoms with Crippen LogP contribution in [0.4, 0.5) is 0 Å². The summed E-state index contributed by atoms with van der Waals surface area (Å²) >= 11 is 0. The molecular formula is C9H12N2. The first-order valence-electron chi connectivity index (χ1n) is 3.88. The molecule has 2 nitrogen and oxygen atoms in total. The predicted molar refractivity (Wildman–Crippen MR) is 45.1 cm³/mol. The van der Waals surface area contributed by atoms with Crippen LogP contribution >= 0.6 is 0 Å². The Hall–Kier alpha value is -1.10. The molecule has 0 aromatic heterocycles. The van der Waals surface area contributed by atoms with Crippen molar-refractivity contribution in [3.8, 4) is 6.07 Å². The second kappa shape index (κ2) is 3.34. The number of hydrogen-bond acceptors (Lipinski definition) is 2. The molecule has 2 unspecified atom stereocenters. The van der Waals surface area contributed by atoms with Gasteiger partial charge in [-0.15, -0.1) is 0 Å². The molecule has 0 spiro atoms. The molecule has 0 aromatic rings. The van der Waals surface area contributed by atoms with Crippen LogP contribution in [0.2, 0.25) is 0 Å². The smallest absolute Gasteiger partial charge is 0.136 e. The zero-order valence-electron chi connectivity index (χ0n) is 6.91. The summed E-state index contributed by atoms with van der Waals surface area (Å²) in [5.41, 5.74) is 0.557. The highest BCUT2D eigenvalue weighted by Crippen LogP contribution is 2.19. The van der Waals surface area contributed by atoms with Crippen LogP contribution in [-0.2, 0) is 0 Å². The molecule has 1 aliphatic heterocycles. The Morgan fingerprint density at radius 2 is 2.36 bits per heavy atom. The molecule has 0 radical (unpaired) electrons. The van der Waals surface area contributed by atoms with Crippen LogP contribution in [0.25, 0.3) is 0 Å². The standard InChI is InChI=1S/C9H12N2/c1-7-3-4-11-9(6-10)5-8(7)2/h4-5,7-8H,3H2,1-2H3. The third-order valence-corrected chi connectivity index (χ3v) is 2.14. The molecule has 58 valence electrons. The van der Waals surface area contributed by atoms with Gasteiger partial charge in [0.2, 0.25) is 0 Å². The topological polar surface area (TPSA) is 36.1 Å². The number of nitriles is 1. The van der Waals surface area contributed by atoms with Gasteiger partial charge >= 0.3 is 0 Å². The van der Waals surface area contributed by atoms with Gasteiger partial charge in [0, 0.05) is 6.21 Å². The minimum atomic E-state index is 0.465. The molecular weight excluding hydrogens is 136 g/mol. The van der Waals surface area contributed by atoms with Gasteiger partial charge in [0.1, 0.15) is 11.8 Å². The van der Waals surface area contributed by atoms with Crippen LogP contribution in [0.3, 0.4) is 0 Å². The van der Waals surface area contributed by atoms with E-state index in [1.54, 1.807) is 0 Å². The summed E-state index contributed by atoms with van der Waals surface area (Å²) in [5, 5.41) is 8.59. The van der Waals surface area contributed by atoms with Crippen LogP contribution in [0.5, 0.6) is 0 Å². The van der Waals surface area contributed by atoms with Crippen molar-refractivity contribution in [1.82, 2.24) is 0 Å². The summed E-state index contributed by atoms with van der Waals surface area (Å²) in [6.45, 7) is 4.30. The first-order valence-corrected chi connectivity index (χ1v) is 3.88. The molecule has 0 saturated heterocycles. The Morgan fingerprint density at radius 3 is 3.00 bits per heavy atom. The van der Waals surface area contributed by atoms with Crippen LogP contribution in [0, 0.1) is 23.2 Å². The van der Waals surface area contributed by atoms with E-state index >= 15 is 0 Å². The van der Waals surface area contributed by atoms with Crippen LogP contribution < -0.4 is 0 Å². The average Bonchev–Trinajstić information content (AvgIpc) is 2.15. The van der Waals surface area contributed by atoms with E-state index in [-0.39, 0.29) is 0 Å². The SMILES string of the molecule is CC1C=C(C#N)N=CCC1C. The Morgan fingerprint density at radius 1 is 1.64 bits per heavy atom. The van der Waals surface area contributed by atoms with Gasteiger partial charge in [0.25, 0.3) is 0 Å². The van der Waals surface area contributed by atoms with Crippen molar-refractivity contribution in [3.05, 3.63) is 11.8 Å². The van der Waals surface area contributed by atoms with E-state index in [9.17, 15) is 0 Å².